The maximum Gasteiger partial charge on any atom is 0.276 e. The summed E-state index contributed by atoms with van der Waals surface area (Å²) in [6.45, 7) is 5.68. The van der Waals surface area contributed by atoms with Crippen molar-refractivity contribution in [2.45, 2.75) is 13.5 Å². The summed E-state index contributed by atoms with van der Waals surface area (Å²) in [7, 11) is 0. The molecule has 0 atom stereocenters. The van der Waals surface area contributed by atoms with E-state index in [-0.39, 0.29) is 5.91 Å². The van der Waals surface area contributed by atoms with Gasteiger partial charge in [-0.25, -0.2) is 4.98 Å². The van der Waals surface area contributed by atoms with Gasteiger partial charge in [0.1, 0.15) is 10.8 Å². The molecule has 0 saturated carbocycles. The molecule has 0 unspecified atom stereocenters. The van der Waals surface area contributed by atoms with Crippen molar-refractivity contribution in [3.63, 3.8) is 0 Å². The van der Waals surface area contributed by atoms with Crippen molar-refractivity contribution in [1.29, 1.82) is 0 Å². The second kappa shape index (κ2) is 7.39. The lowest BCUT2D eigenvalue weighted by atomic mass is 10.2. The highest BCUT2D eigenvalue weighted by Crippen LogP contribution is 2.22. The van der Waals surface area contributed by atoms with Crippen LogP contribution in [0.4, 0.5) is 0 Å². The Balaban J connectivity index is 1.33. The van der Waals surface area contributed by atoms with Gasteiger partial charge in [0.2, 0.25) is 0 Å². The molecule has 1 aliphatic rings. The summed E-state index contributed by atoms with van der Waals surface area (Å²) in [5.41, 5.74) is 2.57. The van der Waals surface area contributed by atoms with Crippen molar-refractivity contribution in [2.75, 3.05) is 26.2 Å². The molecule has 3 heterocycles. The normalized spacial score (nSPS) is 15.3. The zero-order valence-corrected chi connectivity index (χ0v) is 15.4. The molecule has 26 heavy (non-hydrogen) atoms. The molecular weight excluding hydrogens is 348 g/mol. The van der Waals surface area contributed by atoms with Crippen molar-refractivity contribution in [1.82, 2.24) is 19.9 Å². The Labute approximate surface area is 156 Å². The van der Waals surface area contributed by atoms with Crippen LogP contribution in [0.15, 0.2) is 46.3 Å². The first-order valence-electron chi connectivity index (χ1n) is 8.64. The molecular formula is C19H20N4O2S. The van der Waals surface area contributed by atoms with Gasteiger partial charge in [-0.2, -0.15) is 0 Å². The molecule has 3 aromatic rings. The fraction of sp³-hybridized carbons (Fsp3) is 0.316. The van der Waals surface area contributed by atoms with Gasteiger partial charge in [-0.1, -0.05) is 35.5 Å². The van der Waals surface area contributed by atoms with Gasteiger partial charge in [-0.3, -0.25) is 9.69 Å². The van der Waals surface area contributed by atoms with Gasteiger partial charge in [0.15, 0.2) is 5.69 Å². The van der Waals surface area contributed by atoms with Crippen LogP contribution in [-0.4, -0.2) is 52.0 Å². The van der Waals surface area contributed by atoms with Crippen molar-refractivity contribution in [3.8, 4) is 11.3 Å². The summed E-state index contributed by atoms with van der Waals surface area (Å²) in [6, 6.07) is 11.9. The first-order valence-corrected chi connectivity index (χ1v) is 9.52. The SMILES string of the molecule is Cc1cc(C(=O)N2CCN(Cc3nc(-c4ccccc4)cs3)CC2)no1. The first kappa shape index (κ1) is 16.9. The second-order valence-corrected chi connectivity index (χ2v) is 7.33. The highest BCUT2D eigenvalue weighted by Gasteiger charge is 2.24. The van der Waals surface area contributed by atoms with E-state index >= 15 is 0 Å². The van der Waals surface area contributed by atoms with Crippen LogP contribution in [0.25, 0.3) is 11.3 Å². The minimum atomic E-state index is -0.0536. The predicted molar refractivity (Wildman–Crippen MR) is 100.0 cm³/mol. The van der Waals surface area contributed by atoms with E-state index in [9.17, 15) is 4.79 Å². The smallest absolute Gasteiger partial charge is 0.276 e. The Morgan fingerprint density at radius 3 is 2.65 bits per heavy atom. The molecule has 1 fully saturated rings. The maximum atomic E-state index is 12.4. The maximum absolute atomic E-state index is 12.4. The van der Waals surface area contributed by atoms with Gasteiger partial charge in [-0.05, 0) is 6.92 Å². The fourth-order valence-corrected chi connectivity index (χ4v) is 3.90. The zero-order valence-electron chi connectivity index (χ0n) is 14.6. The highest BCUT2D eigenvalue weighted by molar-refractivity contribution is 7.09. The Kier molecular flexibility index (Phi) is 4.81. The number of nitrogens with zero attached hydrogens (tertiary/aromatic N) is 4. The van der Waals surface area contributed by atoms with E-state index in [1.807, 2.05) is 23.1 Å². The third-order valence-corrected chi connectivity index (χ3v) is 5.32. The Morgan fingerprint density at radius 2 is 1.96 bits per heavy atom. The Morgan fingerprint density at radius 1 is 1.19 bits per heavy atom. The van der Waals surface area contributed by atoms with E-state index in [4.69, 9.17) is 9.51 Å². The summed E-state index contributed by atoms with van der Waals surface area (Å²) >= 11 is 1.69. The number of hydrogen-bond donors (Lipinski definition) is 0. The summed E-state index contributed by atoms with van der Waals surface area (Å²) < 4.78 is 5.00. The summed E-state index contributed by atoms with van der Waals surface area (Å²) in [6.07, 6.45) is 0. The number of benzene rings is 1. The number of aromatic nitrogens is 2. The molecule has 6 nitrogen and oxygen atoms in total. The zero-order chi connectivity index (χ0) is 17.9. The van der Waals surface area contributed by atoms with Crippen LogP contribution < -0.4 is 0 Å². The van der Waals surface area contributed by atoms with Gasteiger partial charge in [-0.15, -0.1) is 11.3 Å². The fourth-order valence-electron chi connectivity index (χ4n) is 3.05. The average molecular weight is 368 g/mol. The number of thiazole rings is 1. The largest absolute Gasteiger partial charge is 0.361 e. The minimum absolute atomic E-state index is 0.0536. The summed E-state index contributed by atoms with van der Waals surface area (Å²) in [5.74, 6) is 0.604. The molecule has 1 amide bonds. The van der Waals surface area contributed by atoms with E-state index < -0.39 is 0 Å². The summed E-state index contributed by atoms with van der Waals surface area (Å²) in [5, 5.41) is 7.04. The summed E-state index contributed by atoms with van der Waals surface area (Å²) in [4.78, 5) is 21.3. The van der Waals surface area contributed by atoms with Crippen LogP contribution in [0.3, 0.4) is 0 Å². The molecule has 0 N–H and O–H groups in total. The van der Waals surface area contributed by atoms with Gasteiger partial charge in [0, 0.05) is 43.2 Å². The average Bonchev–Trinajstić information content (AvgIpc) is 3.32. The quantitative estimate of drug-likeness (QED) is 0.708. The van der Waals surface area contributed by atoms with Crippen LogP contribution in [0, 0.1) is 6.92 Å². The standard InChI is InChI=1S/C19H20N4O2S/c1-14-11-16(21-25-14)19(24)23-9-7-22(8-10-23)12-18-20-17(13-26-18)15-5-3-2-4-6-15/h2-6,11,13H,7-10,12H2,1H3. The van der Waals surface area contributed by atoms with E-state index in [1.54, 1.807) is 24.3 Å². The van der Waals surface area contributed by atoms with Crippen LogP contribution in [0.2, 0.25) is 0 Å². The molecule has 1 saturated heterocycles. The molecule has 4 rings (SSSR count). The molecule has 1 aromatic carbocycles. The lowest BCUT2D eigenvalue weighted by Gasteiger charge is -2.33. The second-order valence-electron chi connectivity index (χ2n) is 6.38. The molecule has 1 aliphatic heterocycles. The number of rotatable bonds is 4. The van der Waals surface area contributed by atoms with Gasteiger partial charge in [0.25, 0.3) is 5.91 Å². The molecule has 0 radical (unpaired) electrons. The molecule has 0 bridgehead atoms. The van der Waals surface area contributed by atoms with E-state index in [2.05, 4.69) is 27.6 Å². The molecule has 7 heteroatoms. The molecule has 0 aliphatic carbocycles. The number of carbonyl (C=O) groups is 1. The highest BCUT2D eigenvalue weighted by atomic mass is 32.1. The number of aryl methyl sites for hydroxylation is 1. The number of carbonyl (C=O) groups excluding carboxylic acids is 1. The van der Waals surface area contributed by atoms with Gasteiger partial charge < -0.3 is 9.42 Å². The van der Waals surface area contributed by atoms with Crippen LogP contribution >= 0.6 is 11.3 Å². The Bertz CT molecular complexity index is 882. The monoisotopic (exact) mass is 368 g/mol. The van der Waals surface area contributed by atoms with Crippen molar-refractivity contribution in [2.24, 2.45) is 0 Å². The van der Waals surface area contributed by atoms with Gasteiger partial charge >= 0.3 is 0 Å². The van der Waals surface area contributed by atoms with Crippen LogP contribution in [0.5, 0.6) is 0 Å². The van der Waals surface area contributed by atoms with Crippen molar-refractivity contribution < 1.29 is 9.32 Å². The minimum Gasteiger partial charge on any atom is -0.361 e. The Hall–Kier alpha value is -2.51. The third kappa shape index (κ3) is 3.68. The number of hydrogen-bond acceptors (Lipinski definition) is 6. The van der Waals surface area contributed by atoms with Crippen molar-refractivity contribution in [3.05, 3.63) is 58.2 Å². The van der Waals surface area contributed by atoms with E-state index in [1.165, 1.54) is 0 Å². The molecule has 2 aromatic heterocycles. The molecule has 0 spiro atoms. The number of amides is 1. The van der Waals surface area contributed by atoms with E-state index in [0.717, 1.165) is 35.9 Å². The first-order chi connectivity index (χ1) is 12.7. The van der Waals surface area contributed by atoms with Crippen LogP contribution in [-0.2, 0) is 6.54 Å². The lowest BCUT2D eigenvalue weighted by Crippen LogP contribution is -2.48. The third-order valence-electron chi connectivity index (χ3n) is 4.49. The topological polar surface area (TPSA) is 62.5 Å². The lowest BCUT2D eigenvalue weighted by molar-refractivity contribution is 0.0618. The predicted octanol–water partition coefficient (Wildman–Crippen LogP) is 3.06. The number of piperazine rings is 1. The van der Waals surface area contributed by atoms with Crippen molar-refractivity contribution >= 4 is 17.2 Å². The molecule has 134 valence electrons. The van der Waals surface area contributed by atoms with Gasteiger partial charge in [0.05, 0.1) is 12.2 Å². The van der Waals surface area contributed by atoms with Crippen LogP contribution in [0.1, 0.15) is 21.3 Å². The van der Waals surface area contributed by atoms with E-state index in [0.29, 0.717) is 24.5 Å².